The van der Waals surface area contributed by atoms with Crippen LogP contribution in [0.15, 0.2) is 60.7 Å². The molecule has 0 aliphatic carbocycles. The van der Waals surface area contributed by atoms with Gasteiger partial charge in [0, 0.05) is 0 Å². The number of hydrogen-bond donors (Lipinski definition) is 2. The van der Waals surface area contributed by atoms with Gasteiger partial charge in [0.1, 0.15) is 0 Å². The number of esters is 2. The highest BCUT2D eigenvalue weighted by molar-refractivity contribution is 5.94. The molecular weight excluding hydrogens is 428 g/mol. The number of nitrogens with two attached hydrogens (primary N) is 2. The molecule has 1 aliphatic heterocycles. The molecule has 2 aromatic carbocycles. The molecule has 1 amide bonds. The molecule has 0 bridgehead atoms. The van der Waals surface area contributed by atoms with Crippen LogP contribution in [0.25, 0.3) is 0 Å². The average Bonchev–Trinajstić information content (AvgIpc) is 3.08. The summed E-state index contributed by atoms with van der Waals surface area (Å²) >= 11 is 0. The van der Waals surface area contributed by atoms with Crippen molar-refractivity contribution in [2.45, 2.75) is 18.8 Å². The van der Waals surface area contributed by atoms with Gasteiger partial charge in [-0.25, -0.2) is 9.59 Å². The Morgan fingerprint density at radius 1 is 0.848 bits per heavy atom. The Morgan fingerprint density at radius 2 is 1.36 bits per heavy atom. The van der Waals surface area contributed by atoms with Gasteiger partial charge < -0.3 is 25.8 Å². The zero-order chi connectivity index (χ0) is 23.4. The highest BCUT2D eigenvalue weighted by Crippen LogP contribution is 2.23. The molecule has 1 saturated heterocycles. The molecule has 1 fully saturated rings. The third-order valence-electron chi connectivity index (χ3n) is 4.85. The monoisotopic (exact) mass is 448 g/mol. The van der Waals surface area contributed by atoms with E-state index >= 15 is 0 Å². The van der Waals surface area contributed by atoms with Crippen molar-refractivity contribution < 1.29 is 23.9 Å². The van der Waals surface area contributed by atoms with Gasteiger partial charge in [0.2, 0.25) is 18.0 Å². The van der Waals surface area contributed by atoms with Crippen molar-refractivity contribution in [3.05, 3.63) is 77.6 Å². The third kappa shape index (κ3) is 5.03. The number of carbonyl (C=O) groups is 3. The second kappa shape index (κ2) is 9.30. The Kier molecular flexibility index (Phi) is 6.11. The fourth-order valence-corrected chi connectivity index (χ4v) is 3.35. The molecule has 4 N–H and O–H groups in total. The van der Waals surface area contributed by atoms with Gasteiger partial charge in [0.15, 0.2) is 11.9 Å². The summed E-state index contributed by atoms with van der Waals surface area (Å²) in [5, 5.41) is 0. The average molecular weight is 448 g/mol. The molecular formula is C22H20N6O5. The van der Waals surface area contributed by atoms with E-state index in [1.165, 1.54) is 4.90 Å². The molecule has 3 aromatic rings. The van der Waals surface area contributed by atoms with Crippen molar-refractivity contribution in [2.24, 2.45) is 0 Å². The number of carbonyl (C=O) groups excluding carboxylic acids is 3. The highest BCUT2D eigenvalue weighted by Gasteiger charge is 2.46. The fourth-order valence-electron chi connectivity index (χ4n) is 3.35. The van der Waals surface area contributed by atoms with E-state index < -0.39 is 30.1 Å². The maximum Gasteiger partial charge on any atom is 0.339 e. The predicted octanol–water partition coefficient (Wildman–Crippen LogP) is 0.829. The number of ether oxygens (including phenoxy) is 2. The van der Waals surface area contributed by atoms with Gasteiger partial charge in [-0.15, -0.1) is 0 Å². The maximum absolute atomic E-state index is 13.1. The van der Waals surface area contributed by atoms with Crippen molar-refractivity contribution >= 4 is 29.7 Å². The molecule has 33 heavy (non-hydrogen) atoms. The first-order valence-electron chi connectivity index (χ1n) is 9.97. The van der Waals surface area contributed by atoms with Crippen LogP contribution in [0, 0.1) is 0 Å². The number of benzene rings is 2. The second-order valence-electron chi connectivity index (χ2n) is 7.19. The lowest BCUT2D eigenvalue weighted by atomic mass is 10.2. The number of aromatic nitrogens is 3. The number of rotatable bonds is 6. The molecule has 0 spiro atoms. The van der Waals surface area contributed by atoms with E-state index in [2.05, 4.69) is 15.0 Å². The number of anilines is 2. The van der Waals surface area contributed by atoms with Crippen LogP contribution in [-0.4, -0.2) is 56.5 Å². The third-order valence-corrected chi connectivity index (χ3v) is 4.85. The van der Waals surface area contributed by atoms with Crippen LogP contribution in [0.1, 0.15) is 26.5 Å². The Balaban J connectivity index is 1.56. The summed E-state index contributed by atoms with van der Waals surface area (Å²) in [5.74, 6) is -1.97. The van der Waals surface area contributed by atoms with Gasteiger partial charge >= 0.3 is 11.9 Å². The van der Waals surface area contributed by atoms with Crippen molar-refractivity contribution in [1.82, 2.24) is 19.9 Å². The van der Waals surface area contributed by atoms with E-state index in [1.807, 2.05) is 0 Å². The van der Waals surface area contributed by atoms with Gasteiger partial charge in [0.05, 0.1) is 24.2 Å². The molecule has 168 valence electrons. The predicted molar refractivity (Wildman–Crippen MR) is 115 cm³/mol. The minimum Gasteiger partial charge on any atom is -0.452 e. The van der Waals surface area contributed by atoms with Crippen LogP contribution in [-0.2, 0) is 20.8 Å². The molecule has 1 aliphatic rings. The standard InChI is InChI=1S/C22H20N6O5/c23-21-25-16(26-22(24)27-21)12-28-11-15(32-19(30)13-7-3-1-4-8-13)17(18(28)29)33-20(31)14-9-5-2-6-10-14/h1-10,15,17H,11-12H2,(H4,23,24,25,26,27)/t15-,17+/m0/s1. The van der Waals surface area contributed by atoms with E-state index in [9.17, 15) is 14.4 Å². The Morgan fingerprint density at radius 3 is 1.91 bits per heavy atom. The molecule has 2 heterocycles. The Hall–Kier alpha value is -4.54. The number of hydrogen-bond acceptors (Lipinski definition) is 10. The number of nitrogen functional groups attached to an aromatic ring is 2. The van der Waals surface area contributed by atoms with Gasteiger partial charge in [-0.3, -0.25) is 4.79 Å². The topological polar surface area (TPSA) is 164 Å². The molecule has 0 saturated carbocycles. The Bertz CT molecular complexity index is 1150. The summed E-state index contributed by atoms with van der Waals surface area (Å²) in [5.41, 5.74) is 11.8. The summed E-state index contributed by atoms with van der Waals surface area (Å²) in [7, 11) is 0. The number of likely N-dealkylation sites (tertiary alicyclic amines) is 1. The molecule has 2 atom stereocenters. The molecule has 1 aromatic heterocycles. The molecule has 11 nitrogen and oxygen atoms in total. The quantitative estimate of drug-likeness (QED) is 0.516. The van der Waals surface area contributed by atoms with Crippen LogP contribution >= 0.6 is 0 Å². The first-order valence-corrected chi connectivity index (χ1v) is 9.97. The second-order valence-corrected chi connectivity index (χ2v) is 7.19. The number of nitrogens with zero attached hydrogens (tertiary/aromatic N) is 4. The lowest BCUT2D eigenvalue weighted by Gasteiger charge is -2.18. The van der Waals surface area contributed by atoms with E-state index in [1.54, 1.807) is 60.7 Å². The van der Waals surface area contributed by atoms with Gasteiger partial charge in [0.25, 0.3) is 5.91 Å². The van der Waals surface area contributed by atoms with Crippen LogP contribution in [0.4, 0.5) is 11.9 Å². The van der Waals surface area contributed by atoms with Gasteiger partial charge in [-0.2, -0.15) is 15.0 Å². The first kappa shape index (κ1) is 21.7. The van der Waals surface area contributed by atoms with Crippen molar-refractivity contribution in [3.63, 3.8) is 0 Å². The van der Waals surface area contributed by atoms with Crippen LogP contribution < -0.4 is 11.5 Å². The summed E-state index contributed by atoms with van der Waals surface area (Å²) < 4.78 is 11.0. The van der Waals surface area contributed by atoms with Gasteiger partial charge in [-0.05, 0) is 24.3 Å². The number of amides is 1. The molecule has 0 radical (unpaired) electrons. The summed E-state index contributed by atoms with van der Waals surface area (Å²) in [6.07, 6.45) is -2.39. The van der Waals surface area contributed by atoms with Crippen molar-refractivity contribution in [2.75, 3.05) is 18.0 Å². The summed E-state index contributed by atoms with van der Waals surface area (Å²) in [4.78, 5) is 51.2. The largest absolute Gasteiger partial charge is 0.452 e. The maximum atomic E-state index is 13.1. The van der Waals surface area contributed by atoms with Gasteiger partial charge in [-0.1, -0.05) is 36.4 Å². The highest BCUT2D eigenvalue weighted by atomic mass is 16.6. The van der Waals surface area contributed by atoms with E-state index in [-0.39, 0.29) is 36.4 Å². The van der Waals surface area contributed by atoms with Crippen LogP contribution in [0.5, 0.6) is 0 Å². The zero-order valence-corrected chi connectivity index (χ0v) is 17.3. The summed E-state index contributed by atoms with van der Waals surface area (Å²) in [6.45, 7) is -0.135. The molecule has 0 unspecified atom stereocenters. The normalized spacial score (nSPS) is 17.6. The lowest BCUT2D eigenvalue weighted by molar-refractivity contribution is -0.137. The minimum atomic E-state index is -1.35. The van der Waals surface area contributed by atoms with E-state index in [0.717, 1.165) is 0 Å². The molecule has 11 heteroatoms. The fraction of sp³-hybridized carbons (Fsp3) is 0.182. The van der Waals surface area contributed by atoms with E-state index in [4.69, 9.17) is 20.9 Å². The lowest BCUT2D eigenvalue weighted by Crippen LogP contribution is -2.36. The van der Waals surface area contributed by atoms with E-state index in [0.29, 0.717) is 5.56 Å². The molecule has 4 rings (SSSR count). The first-order chi connectivity index (χ1) is 15.9. The van der Waals surface area contributed by atoms with Crippen LogP contribution in [0.2, 0.25) is 0 Å². The minimum absolute atomic E-state index is 0.0460. The van der Waals surface area contributed by atoms with Crippen molar-refractivity contribution in [3.8, 4) is 0 Å². The summed E-state index contributed by atoms with van der Waals surface area (Å²) in [6, 6.07) is 16.5. The Labute approximate surface area is 188 Å². The SMILES string of the molecule is Nc1nc(N)nc(CN2C[C@H](OC(=O)c3ccccc3)[C@@H](OC(=O)c3ccccc3)C2=O)n1. The van der Waals surface area contributed by atoms with Crippen LogP contribution in [0.3, 0.4) is 0 Å². The van der Waals surface area contributed by atoms with Crippen molar-refractivity contribution in [1.29, 1.82) is 0 Å². The smallest absolute Gasteiger partial charge is 0.339 e. The zero-order valence-electron chi connectivity index (χ0n) is 17.3.